The van der Waals surface area contributed by atoms with Gasteiger partial charge in [0.2, 0.25) is 5.91 Å². The lowest BCUT2D eigenvalue weighted by Crippen LogP contribution is -2.43. The maximum Gasteiger partial charge on any atom is 0.224 e. The first-order valence-electron chi connectivity index (χ1n) is 9.46. The standard InChI is InChI=1S/C22H27ClN2O2/c1-16(18-7-11-21(27-2)12-8-18)24-22(26)19-4-3-13-25(15-19)14-17-5-9-20(23)10-6-17/h5-12,16,19H,3-4,13-15H2,1-2H3,(H,24,26). The monoisotopic (exact) mass is 386 g/mol. The van der Waals surface area contributed by atoms with Gasteiger partial charge in [0, 0.05) is 18.1 Å². The number of ether oxygens (including phenoxy) is 1. The number of hydrogen-bond donors (Lipinski definition) is 1. The summed E-state index contributed by atoms with van der Waals surface area (Å²) in [6.07, 6.45) is 1.99. The molecule has 1 aliphatic heterocycles. The number of carbonyl (C=O) groups excluding carboxylic acids is 1. The molecule has 1 fully saturated rings. The Balaban J connectivity index is 1.54. The van der Waals surface area contributed by atoms with E-state index in [1.165, 1.54) is 5.56 Å². The van der Waals surface area contributed by atoms with E-state index in [1.54, 1.807) is 7.11 Å². The molecule has 0 spiro atoms. The molecule has 2 aromatic carbocycles. The summed E-state index contributed by atoms with van der Waals surface area (Å²) in [6, 6.07) is 15.8. The number of halogens is 1. The summed E-state index contributed by atoms with van der Waals surface area (Å²) in [7, 11) is 1.65. The van der Waals surface area contributed by atoms with Crippen molar-refractivity contribution in [3.63, 3.8) is 0 Å². The van der Waals surface area contributed by atoms with Gasteiger partial charge in [0.1, 0.15) is 5.75 Å². The Hall–Kier alpha value is -2.04. The third-order valence-corrected chi connectivity index (χ3v) is 5.42. The zero-order valence-electron chi connectivity index (χ0n) is 16.0. The van der Waals surface area contributed by atoms with Crippen LogP contribution in [0.25, 0.3) is 0 Å². The van der Waals surface area contributed by atoms with Crippen LogP contribution in [0.2, 0.25) is 5.02 Å². The summed E-state index contributed by atoms with van der Waals surface area (Å²) < 4.78 is 5.19. The molecule has 5 heteroatoms. The third-order valence-electron chi connectivity index (χ3n) is 5.17. The minimum absolute atomic E-state index is 0.0185. The summed E-state index contributed by atoms with van der Waals surface area (Å²) in [6.45, 7) is 4.70. The maximum atomic E-state index is 12.8. The van der Waals surface area contributed by atoms with Crippen LogP contribution in [0.15, 0.2) is 48.5 Å². The highest BCUT2D eigenvalue weighted by Crippen LogP contribution is 2.22. The average molecular weight is 387 g/mol. The van der Waals surface area contributed by atoms with Crippen LogP contribution in [-0.4, -0.2) is 31.0 Å². The molecule has 1 N–H and O–H groups in total. The summed E-state index contributed by atoms with van der Waals surface area (Å²) in [5.74, 6) is 0.994. The number of nitrogens with zero attached hydrogens (tertiary/aromatic N) is 1. The van der Waals surface area contributed by atoms with Crippen molar-refractivity contribution in [3.8, 4) is 5.75 Å². The quantitative estimate of drug-likeness (QED) is 0.798. The molecule has 0 saturated carbocycles. The van der Waals surface area contributed by atoms with Gasteiger partial charge in [0.25, 0.3) is 0 Å². The van der Waals surface area contributed by atoms with Crippen molar-refractivity contribution < 1.29 is 9.53 Å². The molecule has 2 unspecified atom stereocenters. The van der Waals surface area contributed by atoms with Gasteiger partial charge in [-0.05, 0) is 61.7 Å². The lowest BCUT2D eigenvalue weighted by atomic mass is 9.96. The van der Waals surface area contributed by atoms with Gasteiger partial charge >= 0.3 is 0 Å². The van der Waals surface area contributed by atoms with E-state index in [0.29, 0.717) is 0 Å². The first kappa shape index (κ1) is 19.7. The molecular formula is C22H27ClN2O2. The van der Waals surface area contributed by atoms with Crippen molar-refractivity contribution in [2.75, 3.05) is 20.2 Å². The average Bonchev–Trinajstić information content (AvgIpc) is 2.70. The van der Waals surface area contributed by atoms with E-state index >= 15 is 0 Å². The molecule has 0 aliphatic carbocycles. The Bertz CT molecular complexity index is 746. The zero-order valence-corrected chi connectivity index (χ0v) is 16.7. The molecular weight excluding hydrogens is 360 g/mol. The minimum Gasteiger partial charge on any atom is -0.497 e. The number of amides is 1. The van der Waals surface area contributed by atoms with Crippen LogP contribution < -0.4 is 10.1 Å². The summed E-state index contributed by atoms with van der Waals surface area (Å²) in [5.41, 5.74) is 2.31. The molecule has 1 saturated heterocycles. The number of piperidine rings is 1. The molecule has 1 amide bonds. The van der Waals surface area contributed by atoms with E-state index in [2.05, 4.69) is 22.3 Å². The Morgan fingerprint density at radius 1 is 1.22 bits per heavy atom. The first-order chi connectivity index (χ1) is 13.0. The van der Waals surface area contributed by atoms with E-state index in [0.717, 1.165) is 48.8 Å². The van der Waals surface area contributed by atoms with Crippen molar-refractivity contribution in [2.24, 2.45) is 5.92 Å². The van der Waals surface area contributed by atoms with Gasteiger partial charge in [-0.15, -0.1) is 0 Å². The molecule has 0 radical (unpaired) electrons. The van der Waals surface area contributed by atoms with E-state index in [-0.39, 0.29) is 17.9 Å². The maximum absolute atomic E-state index is 12.8. The lowest BCUT2D eigenvalue weighted by molar-refractivity contribution is -0.127. The highest BCUT2D eigenvalue weighted by Gasteiger charge is 2.26. The highest BCUT2D eigenvalue weighted by molar-refractivity contribution is 6.30. The fraction of sp³-hybridized carbons (Fsp3) is 0.409. The molecule has 4 nitrogen and oxygen atoms in total. The SMILES string of the molecule is COc1ccc(C(C)NC(=O)C2CCCN(Cc3ccc(Cl)cc3)C2)cc1. The number of likely N-dealkylation sites (tertiary alicyclic amines) is 1. The third kappa shape index (κ3) is 5.47. The molecule has 2 aromatic rings. The van der Waals surface area contributed by atoms with Gasteiger partial charge in [0.05, 0.1) is 19.1 Å². The Morgan fingerprint density at radius 3 is 2.59 bits per heavy atom. The van der Waals surface area contributed by atoms with Crippen molar-refractivity contribution in [2.45, 2.75) is 32.4 Å². The first-order valence-corrected chi connectivity index (χ1v) is 9.84. The van der Waals surface area contributed by atoms with Crippen molar-refractivity contribution in [1.82, 2.24) is 10.2 Å². The number of hydrogen-bond acceptors (Lipinski definition) is 3. The van der Waals surface area contributed by atoms with Crippen molar-refractivity contribution >= 4 is 17.5 Å². The van der Waals surface area contributed by atoms with Crippen LogP contribution in [0.1, 0.15) is 36.9 Å². The molecule has 2 atom stereocenters. The van der Waals surface area contributed by atoms with Gasteiger partial charge in [-0.1, -0.05) is 35.9 Å². The number of nitrogens with one attached hydrogen (secondary N) is 1. The van der Waals surface area contributed by atoms with Crippen LogP contribution in [0.4, 0.5) is 0 Å². The molecule has 144 valence electrons. The van der Waals surface area contributed by atoms with Crippen LogP contribution >= 0.6 is 11.6 Å². The lowest BCUT2D eigenvalue weighted by Gasteiger charge is -2.32. The smallest absolute Gasteiger partial charge is 0.224 e. The Kier molecular flexibility index (Phi) is 6.75. The molecule has 0 aromatic heterocycles. The normalized spacial score (nSPS) is 18.7. The zero-order chi connectivity index (χ0) is 19.2. The van der Waals surface area contributed by atoms with Crippen LogP contribution in [-0.2, 0) is 11.3 Å². The largest absolute Gasteiger partial charge is 0.497 e. The van der Waals surface area contributed by atoms with Gasteiger partial charge in [0.15, 0.2) is 0 Å². The summed E-state index contributed by atoms with van der Waals surface area (Å²) >= 11 is 5.96. The second-order valence-electron chi connectivity index (χ2n) is 7.20. The van der Waals surface area contributed by atoms with E-state index < -0.39 is 0 Å². The number of benzene rings is 2. The molecule has 1 aliphatic rings. The second kappa shape index (κ2) is 9.25. The molecule has 1 heterocycles. The Morgan fingerprint density at radius 2 is 1.93 bits per heavy atom. The Labute approximate surface area is 166 Å². The molecule has 0 bridgehead atoms. The second-order valence-corrected chi connectivity index (χ2v) is 7.64. The molecule has 27 heavy (non-hydrogen) atoms. The van der Waals surface area contributed by atoms with E-state index in [9.17, 15) is 4.79 Å². The van der Waals surface area contributed by atoms with Gasteiger partial charge in [-0.25, -0.2) is 0 Å². The molecule has 3 rings (SSSR count). The number of methoxy groups -OCH3 is 1. The fourth-order valence-corrected chi connectivity index (χ4v) is 3.69. The summed E-state index contributed by atoms with van der Waals surface area (Å²) in [4.78, 5) is 15.1. The van der Waals surface area contributed by atoms with Crippen LogP contribution in [0.5, 0.6) is 5.75 Å². The minimum atomic E-state index is -0.0185. The predicted molar refractivity (Wildman–Crippen MR) is 109 cm³/mol. The van der Waals surface area contributed by atoms with E-state index in [1.807, 2.05) is 43.3 Å². The van der Waals surface area contributed by atoms with Crippen molar-refractivity contribution in [1.29, 1.82) is 0 Å². The number of carbonyl (C=O) groups is 1. The predicted octanol–water partition coefficient (Wildman–Crippen LogP) is 4.44. The van der Waals surface area contributed by atoms with Crippen LogP contribution in [0.3, 0.4) is 0 Å². The van der Waals surface area contributed by atoms with Gasteiger partial charge in [-0.3, -0.25) is 9.69 Å². The van der Waals surface area contributed by atoms with Gasteiger partial charge in [-0.2, -0.15) is 0 Å². The van der Waals surface area contributed by atoms with Crippen molar-refractivity contribution in [3.05, 3.63) is 64.7 Å². The summed E-state index contributed by atoms with van der Waals surface area (Å²) in [5, 5.41) is 3.92. The van der Waals surface area contributed by atoms with Gasteiger partial charge < -0.3 is 10.1 Å². The fourth-order valence-electron chi connectivity index (χ4n) is 3.57. The van der Waals surface area contributed by atoms with E-state index in [4.69, 9.17) is 16.3 Å². The topological polar surface area (TPSA) is 41.6 Å². The number of rotatable bonds is 6. The highest BCUT2D eigenvalue weighted by atomic mass is 35.5. The van der Waals surface area contributed by atoms with Crippen LogP contribution in [0, 0.1) is 5.92 Å².